The molecular formula is C12H21N3S. The highest BCUT2D eigenvalue weighted by atomic mass is 32.1. The van der Waals surface area contributed by atoms with Gasteiger partial charge in [-0.2, -0.15) is 0 Å². The van der Waals surface area contributed by atoms with Gasteiger partial charge < -0.3 is 5.73 Å². The molecule has 1 fully saturated rings. The Labute approximate surface area is 102 Å². The maximum Gasteiger partial charge on any atom is 0.0926 e. The zero-order chi connectivity index (χ0) is 11.5. The first kappa shape index (κ1) is 12.0. The number of aryl methyl sites for hydroxylation is 1. The maximum atomic E-state index is 5.97. The van der Waals surface area contributed by atoms with Gasteiger partial charge in [0.15, 0.2) is 0 Å². The molecule has 1 aromatic rings. The molecule has 2 heterocycles. The number of rotatable bonds is 3. The molecule has 1 aromatic heterocycles. The molecule has 2 unspecified atom stereocenters. The third-order valence-corrected chi connectivity index (χ3v) is 4.36. The van der Waals surface area contributed by atoms with Crippen molar-refractivity contribution >= 4 is 11.3 Å². The van der Waals surface area contributed by atoms with Gasteiger partial charge in [0.2, 0.25) is 0 Å². The van der Waals surface area contributed by atoms with E-state index >= 15 is 0 Å². The fraction of sp³-hybridized carbons (Fsp3) is 0.750. The summed E-state index contributed by atoms with van der Waals surface area (Å²) in [6, 6.07) is 0.989. The quantitative estimate of drug-likeness (QED) is 0.877. The van der Waals surface area contributed by atoms with Crippen molar-refractivity contribution in [1.29, 1.82) is 0 Å². The molecule has 0 amide bonds. The first-order valence-electron chi connectivity index (χ1n) is 6.12. The van der Waals surface area contributed by atoms with Crippen LogP contribution in [0.1, 0.15) is 37.4 Å². The fourth-order valence-electron chi connectivity index (χ4n) is 2.28. The van der Waals surface area contributed by atoms with Gasteiger partial charge in [-0.15, -0.1) is 11.3 Å². The molecule has 1 saturated heterocycles. The summed E-state index contributed by atoms with van der Waals surface area (Å²) in [6.07, 6.45) is 3.28. The first-order chi connectivity index (χ1) is 7.69. The van der Waals surface area contributed by atoms with Crippen molar-refractivity contribution in [2.45, 2.75) is 51.7 Å². The van der Waals surface area contributed by atoms with E-state index in [0.29, 0.717) is 12.1 Å². The summed E-state index contributed by atoms with van der Waals surface area (Å²) in [4.78, 5) is 7.12. The van der Waals surface area contributed by atoms with Crippen LogP contribution in [-0.2, 0) is 13.0 Å². The van der Waals surface area contributed by atoms with E-state index in [9.17, 15) is 0 Å². The van der Waals surface area contributed by atoms with Crippen LogP contribution < -0.4 is 5.73 Å². The van der Waals surface area contributed by atoms with Crippen LogP contribution in [0.2, 0.25) is 0 Å². The zero-order valence-corrected chi connectivity index (χ0v) is 11.0. The highest BCUT2D eigenvalue weighted by Gasteiger charge is 2.23. The number of thiazole rings is 1. The van der Waals surface area contributed by atoms with Crippen LogP contribution in [0.4, 0.5) is 0 Å². The molecule has 0 aromatic carbocycles. The van der Waals surface area contributed by atoms with E-state index in [1.54, 1.807) is 11.3 Å². The Bertz CT molecular complexity index is 337. The molecular weight excluding hydrogens is 218 g/mol. The summed E-state index contributed by atoms with van der Waals surface area (Å²) in [5.41, 5.74) is 7.19. The topological polar surface area (TPSA) is 42.2 Å². The lowest BCUT2D eigenvalue weighted by molar-refractivity contribution is 0.138. The van der Waals surface area contributed by atoms with Crippen LogP contribution in [0.15, 0.2) is 5.38 Å². The maximum absolute atomic E-state index is 5.97. The smallest absolute Gasteiger partial charge is 0.0926 e. The van der Waals surface area contributed by atoms with E-state index < -0.39 is 0 Å². The van der Waals surface area contributed by atoms with Crippen molar-refractivity contribution in [3.05, 3.63) is 16.1 Å². The van der Waals surface area contributed by atoms with E-state index in [2.05, 4.69) is 29.1 Å². The van der Waals surface area contributed by atoms with Crippen LogP contribution >= 0.6 is 11.3 Å². The molecule has 16 heavy (non-hydrogen) atoms. The molecule has 0 bridgehead atoms. The van der Waals surface area contributed by atoms with Crippen LogP contribution in [-0.4, -0.2) is 28.5 Å². The summed E-state index contributed by atoms with van der Waals surface area (Å²) in [5.74, 6) is 0. The molecule has 1 aliphatic heterocycles. The summed E-state index contributed by atoms with van der Waals surface area (Å²) in [5, 5.41) is 3.44. The average molecular weight is 239 g/mol. The molecule has 90 valence electrons. The Hall–Kier alpha value is -0.450. The van der Waals surface area contributed by atoms with Crippen molar-refractivity contribution in [3.8, 4) is 0 Å². The molecule has 2 atom stereocenters. The Balaban J connectivity index is 1.93. The summed E-state index contributed by atoms with van der Waals surface area (Å²) in [6.45, 7) is 6.53. The number of aromatic nitrogens is 1. The van der Waals surface area contributed by atoms with Crippen molar-refractivity contribution in [1.82, 2.24) is 9.88 Å². The Morgan fingerprint density at radius 3 is 3.06 bits per heavy atom. The number of hydrogen-bond donors (Lipinski definition) is 1. The molecule has 4 heteroatoms. The minimum absolute atomic E-state index is 0.396. The van der Waals surface area contributed by atoms with Crippen molar-refractivity contribution in [3.63, 3.8) is 0 Å². The van der Waals surface area contributed by atoms with Gasteiger partial charge in [0.1, 0.15) is 0 Å². The minimum atomic E-state index is 0.396. The van der Waals surface area contributed by atoms with Crippen LogP contribution in [0.25, 0.3) is 0 Å². The molecule has 3 nitrogen and oxygen atoms in total. The van der Waals surface area contributed by atoms with Crippen LogP contribution in [0.5, 0.6) is 0 Å². The van der Waals surface area contributed by atoms with Crippen molar-refractivity contribution < 1.29 is 0 Å². The molecule has 0 saturated carbocycles. The molecule has 0 radical (unpaired) electrons. The number of nitrogens with two attached hydrogens (primary N) is 1. The van der Waals surface area contributed by atoms with E-state index in [1.807, 2.05) is 0 Å². The summed E-state index contributed by atoms with van der Waals surface area (Å²) in [7, 11) is 0. The summed E-state index contributed by atoms with van der Waals surface area (Å²) >= 11 is 1.78. The Kier molecular flexibility index (Phi) is 3.95. The lowest BCUT2D eigenvalue weighted by atomic mass is 9.99. The minimum Gasteiger partial charge on any atom is -0.328 e. The molecule has 2 N–H and O–H groups in total. The zero-order valence-electron chi connectivity index (χ0n) is 10.1. The molecule has 0 aliphatic carbocycles. The van der Waals surface area contributed by atoms with Gasteiger partial charge in [-0.25, -0.2) is 4.98 Å². The van der Waals surface area contributed by atoms with Gasteiger partial charge in [0.05, 0.1) is 10.7 Å². The van der Waals surface area contributed by atoms with E-state index in [4.69, 9.17) is 5.73 Å². The third kappa shape index (κ3) is 2.81. The van der Waals surface area contributed by atoms with Crippen LogP contribution in [0, 0.1) is 0 Å². The lowest BCUT2D eigenvalue weighted by Gasteiger charge is -2.35. The number of piperidine rings is 1. The highest BCUT2D eigenvalue weighted by Crippen LogP contribution is 2.19. The van der Waals surface area contributed by atoms with Gasteiger partial charge in [0.25, 0.3) is 0 Å². The predicted octanol–water partition coefficient (Wildman–Crippen LogP) is 2.02. The van der Waals surface area contributed by atoms with Gasteiger partial charge in [0, 0.05) is 30.6 Å². The fourth-order valence-corrected chi connectivity index (χ4v) is 3.02. The number of likely N-dealkylation sites (tertiary alicyclic amines) is 1. The number of hydrogen-bond acceptors (Lipinski definition) is 4. The second-order valence-corrected chi connectivity index (χ2v) is 5.63. The molecule has 0 spiro atoms. The SMILES string of the molecule is CCc1nc(CN2CCC(N)CC2C)cs1. The summed E-state index contributed by atoms with van der Waals surface area (Å²) < 4.78 is 0. The Morgan fingerprint density at radius 2 is 2.44 bits per heavy atom. The average Bonchev–Trinajstić information content (AvgIpc) is 2.70. The van der Waals surface area contributed by atoms with Crippen molar-refractivity contribution in [2.24, 2.45) is 5.73 Å². The first-order valence-corrected chi connectivity index (χ1v) is 7.00. The van der Waals surface area contributed by atoms with Crippen molar-refractivity contribution in [2.75, 3.05) is 6.54 Å². The van der Waals surface area contributed by atoms with Gasteiger partial charge in [-0.1, -0.05) is 6.92 Å². The largest absolute Gasteiger partial charge is 0.328 e. The molecule has 2 rings (SSSR count). The second-order valence-electron chi connectivity index (χ2n) is 4.69. The molecule has 1 aliphatic rings. The monoisotopic (exact) mass is 239 g/mol. The number of nitrogens with zero attached hydrogens (tertiary/aromatic N) is 2. The van der Waals surface area contributed by atoms with E-state index in [1.165, 1.54) is 10.7 Å². The van der Waals surface area contributed by atoms with E-state index in [0.717, 1.165) is 32.4 Å². The van der Waals surface area contributed by atoms with Gasteiger partial charge >= 0.3 is 0 Å². The van der Waals surface area contributed by atoms with Gasteiger partial charge in [-0.05, 0) is 26.2 Å². The normalized spacial score (nSPS) is 27.2. The Morgan fingerprint density at radius 1 is 1.62 bits per heavy atom. The second kappa shape index (κ2) is 5.25. The standard InChI is InChI=1S/C12H21N3S/c1-3-12-14-11(8-16-12)7-15-5-4-10(13)6-9(15)2/h8-10H,3-7,13H2,1-2H3. The highest BCUT2D eigenvalue weighted by molar-refractivity contribution is 7.09. The van der Waals surface area contributed by atoms with Crippen LogP contribution in [0.3, 0.4) is 0 Å². The lowest BCUT2D eigenvalue weighted by Crippen LogP contribution is -2.45. The van der Waals surface area contributed by atoms with E-state index in [-0.39, 0.29) is 0 Å². The predicted molar refractivity (Wildman–Crippen MR) is 68.6 cm³/mol. The third-order valence-electron chi connectivity index (χ3n) is 3.32. The van der Waals surface area contributed by atoms with Gasteiger partial charge in [-0.3, -0.25) is 4.90 Å².